The molecule has 1 aromatic carbocycles. The molecule has 22 heavy (non-hydrogen) atoms. The molecule has 0 heterocycles. The van der Waals surface area contributed by atoms with Gasteiger partial charge in [-0.1, -0.05) is 25.8 Å². The van der Waals surface area contributed by atoms with Crippen LogP contribution in [-0.4, -0.2) is 22.2 Å². The molecule has 5 nitrogen and oxygen atoms in total. The fraction of sp³-hybridized carbons (Fsp3) is 0.412. The molecule has 2 atom stereocenters. The zero-order chi connectivity index (χ0) is 16.1. The van der Waals surface area contributed by atoms with Gasteiger partial charge in [0.2, 0.25) is 0 Å². The Morgan fingerprint density at radius 2 is 2.05 bits per heavy atom. The summed E-state index contributed by atoms with van der Waals surface area (Å²) in [5, 5.41) is 30.8. The highest BCUT2D eigenvalue weighted by molar-refractivity contribution is 6.01. The lowest BCUT2D eigenvalue weighted by atomic mass is 9.86. The second-order valence-electron chi connectivity index (χ2n) is 5.76. The minimum atomic E-state index is -0.395. The second kappa shape index (κ2) is 6.99. The molecule has 5 heteroatoms. The number of carbonyl (C=O) groups excluding carboxylic acids is 1. The average Bonchev–Trinajstić information content (AvgIpc) is 2.50. The van der Waals surface area contributed by atoms with Crippen molar-refractivity contribution in [2.24, 2.45) is 5.92 Å². The van der Waals surface area contributed by atoms with E-state index >= 15 is 0 Å². The lowest BCUT2D eigenvalue weighted by molar-refractivity contribution is -0.118. The molecule has 0 aliphatic heterocycles. The molecular weight excluding hydrogens is 280 g/mol. The SMILES string of the molecule is C[C@@H]1CCCC[C@@H]1NC(=O)/C(C#N)=C/c1ccc(O)c(O)c1. The smallest absolute Gasteiger partial charge is 0.262 e. The number of nitrogens with zero attached hydrogens (tertiary/aromatic N) is 1. The summed E-state index contributed by atoms with van der Waals surface area (Å²) in [5.41, 5.74) is 0.474. The van der Waals surface area contributed by atoms with Crippen molar-refractivity contribution in [1.29, 1.82) is 5.26 Å². The second-order valence-corrected chi connectivity index (χ2v) is 5.76. The number of hydrogen-bond donors (Lipinski definition) is 3. The van der Waals surface area contributed by atoms with Gasteiger partial charge >= 0.3 is 0 Å². The number of hydrogen-bond acceptors (Lipinski definition) is 4. The molecular formula is C17H20N2O3. The van der Waals surface area contributed by atoms with Crippen molar-refractivity contribution < 1.29 is 15.0 Å². The predicted octanol–water partition coefficient (Wildman–Crippen LogP) is 2.70. The lowest BCUT2D eigenvalue weighted by Crippen LogP contribution is -2.41. The van der Waals surface area contributed by atoms with Gasteiger partial charge in [-0.3, -0.25) is 4.79 Å². The van der Waals surface area contributed by atoms with Crippen molar-refractivity contribution >= 4 is 12.0 Å². The van der Waals surface area contributed by atoms with E-state index in [0.717, 1.165) is 19.3 Å². The fourth-order valence-electron chi connectivity index (χ4n) is 2.72. The van der Waals surface area contributed by atoms with Crippen LogP contribution in [0, 0.1) is 17.2 Å². The van der Waals surface area contributed by atoms with E-state index < -0.39 is 5.91 Å². The lowest BCUT2D eigenvalue weighted by Gasteiger charge is -2.29. The van der Waals surface area contributed by atoms with Gasteiger partial charge in [0.15, 0.2) is 11.5 Å². The summed E-state index contributed by atoms with van der Waals surface area (Å²) in [4.78, 5) is 12.2. The van der Waals surface area contributed by atoms with Gasteiger partial charge in [0.05, 0.1) is 0 Å². The largest absolute Gasteiger partial charge is 0.504 e. The van der Waals surface area contributed by atoms with E-state index in [1.807, 2.05) is 6.07 Å². The highest BCUT2D eigenvalue weighted by Gasteiger charge is 2.24. The minimum Gasteiger partial charge on any atom is -0.504 e. The Labute approximate surface area is 129 Å². The van der Waals surface area contributed by atoms with Crippen molar-refractivity contribution in [3.8, 4) is 17.6 Å². The van der Waals surface area contributed by atoms with E-state index in [1.54, 1.807) is 0 Å². The van der Waals surface area contributed by atoms with E-state index in [9.17, 15) is 20.3 Å². The van der Waals surface area contributed by atoms with Crippen LogP contribution >= 0.6 is 0 Å². The summed E-state index contributed by atoms with van der Waals surface area (Å²) in [6.45, 7) is 2.11. The molecule has 0 unspecified atom stereocenters. The molecule has 1 aromatic rings. The molecule has 0 bridgehead atoms. The molecule has 1 aliphatic rings. The van der Waals surface area contributed by atoms with Crippen molar-refractivity contribution in [3.63, 3.8) is 0 Å². The number of nitriles is 1. The Morgan fingerprint density at radius 3 is 2.68 bits per heavy atom. The fourth-order valence-corrected chi connectivity index (χ4v) is 2.72. The maximum Gasteiger partial charge on any atom is 0.262 e. The average molecular weight is 300 g/mol. The van der Waals surface area contributed by atoms with Crippen molar-refractivity contribution in [3.05, 3.63) is 29.3 Å². The molecule has 0 saturated heterocycles. The third-order valence-corrected chi connectivity index (χ3v) is 4.10. The van der Waals surface area contributed by atoms with Crippen molar-refractivity contribution in [2.75, 3.05) is 0 Å². The summed E-state index contributed by atoms with van der Waals surface area (Å²) in [6.07, 6.45) is 5.70. The monoisotopic (exact) mass is 300 g/mol. The summed E-state index contributed by atoms with van der Waals surface area (Å²) >= 11 is 0. The quantitative estimate of drug-likeness (QED) is 0.454. The molecule has 0 aromatic heterocycles. The third-order valence-electron chi connectivity index (χ3n) is 4.10. The van der Waals surface area contributed by atoms with E-state index in [-0.39, 0.29) is 23.1 Å². The maximum absolute atomic E-state index is 12.2. The summed E-state index contributed by atoms with van der Waals surface area (Å²) in [7, 11) is 0. The molecule has 1 fully saturated rings. The van der Waals surface area contributed by atoms with Crippen LogP contribution in [0.1, 0.15) is 38.2 Å². The first-order valence-electron chi connectivity index (χ1n) is 7.46. The molecule has 1 saturated carbocycles. The summed E-state index contributed by atoms with van der Waals surface area (Å²) in [6, 6.07) is 6.15. The molecule has 0 spiro atoms. The van der Waals surface area contributed by atoms with Crippen LogP contribution in [0.3, 0.4) is 0 Å². The van der Waals surface area contributed by atoms with Crippen LogP contribution in [0.25, 0.3) is 6.08 Å². The van der Waals surface area contributed by atoms with E-state index in [1.165, 1.54) is 30.7 Å². The maximum atomic E-state index is 12.2. The number of phenols is 2. The number of benzene rings is 1. The predicted molar refractivity (Wildman–Crippen MR) is 82.9 cm³/mol. The number of rotatable bonds is 3. The number of amides is 1. The first-order valence-corrected chi connectivity index (χ1v) is 7.46. The molecule has 0 radical (unpaired) electrons. The summed E-state index contributed by atoms with van der Waals surface area (Å²) < 4.78 is 0. The number of aromatic hydroxyl groups is 2. The highest BCUT2D eigenvalue weighted by atomic mass is 16.3. The third kappa shape index (κ3) is 3.79. The van der Waals surface area contributed by atoms with Gasteiger partial charge in [0.1, 0.15) is 11.6 Å². The van der Waals surface area contributed by atoms with Crippen LogP contribution < -0.4 is 5.32 Å². The topological polar surface area (TPSA) is 93.4 Å². The van der Waals surface area contributed by atoms with Crippen LogP contribution in [0.2, 0.25) is 0 Å². The molecule has 2 rings (SSSR count). The zero-order valence-corrected chi connectivity index (χ0v) is 12.5. The Kier molecular flexibility index (Phi) is 5.05. The zero-order valence-electron chi connectivity index (χ0n) is 12.5. The van der Waals surface area contributed by atoms with Gasteiger partial charge in [-0.15, -0.1) is 0 Å². The first kappa shape index (κ1) is 15.9. The molecule has 3 N–H and O–H groups in total. The van der Waals surface area contributed by atoms with Crippen LogP contribution in [0.4, 0.5) is 0 Å². The van der Waals surface area contributed by atoms with Gasteiger partial charge in [0.25, 0.3) is 5.91 Å². The number of nitrogens with one attached hydrogen (secondary N) is 1. The van der Waals surface area contributed by atoms with Crippen LogP contribution in [0.15, 0.2) is 23.8 Å². The molecule has 1 aliphatic carbocycles. The Morgan fingerprint density at radius 1 is 1.32 bits per heavy atom. The van der Waals surface area contributed by atoms with Crippen molar-refractivity contribution in [2.45, 2.75) is 38.6 Å². The van der Waals surface area contributed by atoms with Gasteiger partial charge in [-0.05, 0) is 42.5 Å². The minimum absolute atomic E-state index is 0.0112. The Balaban J connectivity index is 2.13. The standard InChI is InChI=1S/C17H20N2O3/c1-11-4-2-3-5-14(11)19-17(22)13(10-18)8-12-6-7-15(20)16(21)9-12/h6-9,11,14,20-21H,2-5H2,1H3,(H,19,22)/b13-8+/t11-,14+/m1/s1. The number of carbonyl (C=O) groups is 1. The van der Waals surface area contributed by atoms with Crippen LogP contribution in [0.5, 0.6) is 11.5 Å². The molecule has 1 amide bonds. The van der Waals surface area contributed by atoms with Crippen LogP contribution in [-0.2, 0) is 4.79 Å². The van der Waals surface area contributed by atoms with Gasteiger partial charge in [-0.2, -0.15) is 5.26 Å². The van der Waals surface area contributed by atoms with Gasteiger partial charge in [0, 0.05) is 6.04 Å². The normalized spacial score (nSPS) is 21.9. The summed E-state index contributed by atoms with van der Waals surface area (Å²) in [5.74, 6) is -0.507. The van der Waals surface area contributed by atoms with E-state index in [4.69, 9.17) is 0 Å². The van der Waals surface area contributed by atoms with Crippen molar-refractivity contribution in [1.82, 2.24) is 5.32 Å². The number of phenolic OH excluding ortho intramolecular Hbond substituents is 2. The molecule has 116 valence electrons. The Bertz CT molecular complexity index is 631. The van der Waals surface area contributed by atoms with Gasteiger partial charge < -0.3 is 15.5 Å². The van der Waals surface area contributed by atoms with E-state index in [0.29, 0.717) is 11.5 Å². The first-order chi connectivity index (χ1) is 10.5. The van der Waals surface area contributed by atoms with Gasteiger partial charge in [-0.25, -0.2) is 0 Å². The Hall–Kier alpha value is -2.48. The van der Waals surface area contributed by atoms with E-state index in [2.05, 4.69) is 12.2 Å². The highest BCUT2D eigenvalue weighted by Crippen LogP contribution is 2.26.